The normalized spacial score (nSPS) is 26.2. The van der Waals surface area contributed by atoms with Crippen LogP contribution < -0.4 is 5.32 Å². The van der Waals surface area contributed by atoms with Gasteiger partial charge < -0.3 is 5.32 Å². The van der Waals surface area contributed by atoms with E-state index in [1.54, 1.807) is 0 Å². The summed E-state index contributed by atoms with van der Waals surface area (Å²) in [6.07, 6.45) is 5.64. The molecule has 0 radical (unpaired) electrons. The third-order valence-corrected chi connectivity index (χ3v) is 3.08. The molecule has 2 unspecified atom stereocenters. The van der Waals surface area contributed by atoms with Gasteiger partial charge in [0.15, 0.2) is 0 Å². The van der Waals surface area contributed by atoms with E-state index in [9.17, 15) is 0 Å². The van der Waals surface area contributed by atoms with Crippen molar-refractivity contribution >= 4 is 24.8 Å². The quantitative estimate of drug-likeness (QED) is 0.762. The van der Waals surface area contributed by atoms with Crippen molar-refractivity contribution in [2.45, 2.75) is 38.3 Å². The van der Waals surface area contributed by atoms with Gasteiger partial charge in [-0.15, -0.1) is 24.8 Å². The molecular formula is C10H15Cl2N3. The van der Waals surface area contributed by atoms with Crippen LogP contribution in [-0.4, -0.2) is 16.0 Å². The molecule has 15 heavy (non-hydrogen) atoms. The molecule has 1 aromatic rings. The van der Waals surface area contributed by atoms with Crippen molar-refractivity contribution in [1.82, 2.24) is 15.3 Å². The number of aryl methyl sites for hydroxylation is 1. The highest BCUT2D eigenvalue weighted by Crippen LogP contribution is 2.34. The van der Waals surface area contributed by atoms with Crippen molar-refractivity contribution in [3.63, 3.8) is 0 Å². The Bertz CT molecular complexity index is 357. The van der Waals surface area contributed by atoms with Crippen LogP contribution in [0.2, 0.25) is 0 Å². The highest BCUT2D eigenvalue weighted by atomic mass is 35.5. The van der Waals surface area contributed by atoms with Gasteiger partial charge >= 0.3 is 0 Å². The molecule has 0 saturated carbocycles. The number of halogens is 2. The minimum Gasteiger partial charge on any atom is -0.307 e. The summed E-state index contributed by atoms with van der Waals surface area (Å²) in [7, 11) is 0. The van der Waals surface area contributed by atoms with Crippen LogP contribution in [0.15, 0.2) is 6.20 Å². The summed E-state index contributed by atoms with van der Waals surface area (Å²) in [5.41, 5.74) is 2.61. The van der Waals surface area contributed by atoms with Crippen LogP contribution in [0.25, 0.3) is 0 Å². The van der Waals surface area contributed by atoms with Gasteiger partial charge in [-0.05, 0) is 19.8 Å². The second-order valence-corrected chi connectivity index (χ2v) is 4.02. The van der Waals surface area contributed by atoms with Crippen LogP contribution in [0.1, 0.15) is 36.0 Å². The van der Waals surface area contributed by atoms with Gasteiger partial charge in [-0.2, -0.15) is 0 Å². The standard InChI is InChI=1S/C10H13N3.2ClH/c1-6-11-5-8-9-3-2-7(13-9)4-10(8)12-6;;/h5,7,9,13H,2-4H2,1H3;2*1H. The molecule has 1 aromatic heterocycles. The summed E-state index contributed by atoms with van der Waals surface area (Å²) >= 11 is 0. The van der Waals surface area contributed by atoms with Gasteiger partial charge in [-0.25, -0.2) is 9.97 Å². The van der Waals surface area contributed by atoms with Gasteiger partial charge in [0.25, 0.3) is 0 Å². The second-order valence-electron chi connectivity index (χ2n) is 4.02. The molecule has 3 heterocycles. The predicted molar refractivity (Wildman–Crippen MR) is 63.9 cm³/mol. The molecule has 3 nitrogen and oxygen atoms in total. The Morgan fingerprint density at radius 3 is 2.93 bits per heavy atom. The van der Waals surface area contributed by atoms with E-state index in [0.717, 1.165) is 12.2 Å². The topological polar surface area (TPSA) is 37.8 Å². The van der Waals surface area contributed by atoms with Crippen molar-refractivity contribution in [3.8, 4) is 0 Å². The summed E-state index contributed by atoms with van der Waals surface area (Å²) in [6, 6.07) is 1.21. The van der Waals surface area contributed by atoms with Crippen molar-refractivity contribution in [2.75, 3.05) is 0 Å². The lowest BCUT2D eigenvalue weighted by molar-refractivity contribution is 0.502. The third kappa shape index (κ3) is 2.10. The molecule has 0 aromatic carbocycles. The number of rotatable bonds is 0. The first kappa shape index (κ1) is 12.7. The van der Waals surface area contributed by atoms with E-state index >= 15 is 0 Å². The van der Waals surface area contributed by atoms with Gasteiger partial charge in [-0.3, -0.25) is 0 Å². The highest BCUT2D eigenvalue weighted by Gasteiger charge is 2.32. The van der Waals surface area contributed by atoms with E-state index in [-0.39, 0.29) is 24.8 Å². The molecule has 0 aliphatic carbocycles. The van der Waals surface area contributed by atoms with Crippen molar-refractivity contribution in [1.29, 1.82) is 0 Å². The smallest absolute Gasteiger partial charge is 0.125 e. The molecule has 2 aliphatic heterocycles. The molecule has 0 spiro atoms. The Morgan fingerprint density at radius 1 is 1.33 bits per heavy atom. The fourth-order valence-corrected chi connectivity index (χ4v) is 2.44. The Morgan fingerprint density at radius 2 is 2.13 bits per heavy atom. The minimum absolute atomic E-state index is 0. The molecule has 2 bridgehead atoms. The van der Waals surface area contributed by atoms with E-state index in [1.807, 2.05) is 13.1 Å². The molecular weight excluding hydrogens is 233 g/mol. The van der Waals surface area contributed by atoms with Crippen LogP contribution >= 0.6 is 24.8 Å². The summed E-state index contributed by atoms with van der Waals surface area (Å²) in [6.45, 7) is 1.96. The van der Waals surface area contributed by atoms with E-state index in [4.69, 9.17) is 0 Å². The third-order valence-electron chi connectivity index (χ3n) is 3.08. The highest BCUT2D eigenvalue weighted by molar-refractivity contribution is 5.85. The first-order valence-electron chi connectivity index (χ1n) is 4.91. The number of aromatic nitrogens is 2. The fourth-order valence-electron chi connectivity index (χ4n) is 2.44. The molecule has 1 saturated heterocycles. The van der Waals surface area contributed by atoms with Crippen molar-refractivity contribution < 1.29 is 0 Å². The Hall–Kier alpha value is -0.380. The number of hydrogen-bond donors (Lipinski definition) is 1. The molecule has 1 fully saturated rings. The summed E-state index contributed by atoms with van der Waals surface area (Å²) in [5.74, 6) is 0.903. The molecule has 2 atom stereocenters. The molecule has 0 amide bonds. The van der Waals surface area contributed by atoms with Crippen molar-refractivity contribution in [2.24, 2.45) is 0 Å². The zero-order valence-corrected chi connectivity index (χ0v) is 10.2. The predicted octanol–water partition coefficient (Wildman–Crippen LogP) is 1.98. The Balaban J connectivity index is 0.000000562. The average Bonchev–Trinajstić information content (AvgIpc) is 2.48. The van der Waals surface area contributed by atoms with Gasteiger partial charge in [0.05, 0.1) is 5.69 Å². The van der Waals surface area contributed by atoms with Crippen LogP contribution in [-0.2, 0) is 6.42 Å². The molecule has 3 rings (SSSR count). The zero-order valence-electron chi connectivity index (χ0n) is 8.56. The fraction of sp³-hybridized carbons (Fsp3) is 0.600. The first-order valence-corrected chi connectivity index (χ1v) is 4.91. The van der Waals surface area contributed by atoms with Crippen molar-refractivity contribution in [3.05, 3.63) is 23.3 Å². The number of hydrogen-bond acceptors (Lipinski definition) is 3. The molecule has 84 valence electrons. The summed E-state index contributed by atoms with van der Waals surface area (Å²) in [4.78, 5) is 8.76. The van der Waals surface area contributed by atoms with Gasteiger partial charge in [0, 0.05) is 30.3 Å². The van der Waals surface area contributed by atoms with E-state index in [0.29, 0.717) is 12.1 Å². The minimum atomic E-state index is 0. The lowest BCUT2D eigenvalue weighted by Crippen LogP contribution is -2.32. The lowest BCUT2D eigenvalue weighted by atomic mass is 10.0. The zero-order chi connectivity index (χ0) is 8.84. The van der Waals surface area contributed by atoms with E-state index in [2.05, 4.69) is 15.3 Å². The summed E-state index contributed by atoms with van der Waals surface area (Å²) < 4.78 is 0. The van der Waals surface area contributed by atoms with E-state index in [1.165, 1.54) is 24.1 Å². The van der Waals surface area contributed by atoms with Crippen LogP contribution in [0.3, 0.4) is 0 Å². The van der Waals surface area contributed by atoms with E-state index < -0.39 is 0 Å². The number of nitrogens with one attached hydrogen (secondary N) is 1. The molecule has 1 N–H and O–H groups in total. The van der Waals surface area contributed by atoms with Crippen LogP contribution in [0.5, 0.6) is 0 Å². The molecule has 5 heteroatoms. The molecule has 2 aliphatic rings. The summed E-state index contributed by atoms with van der Waals surface area (Å²) in [5, 5.41) is 3.59. The van der Waals surface area contributed by atoms with Gasteiger partial charge in [0.1, 0.15) is 5.82 Å². The van der Waals surface area contributed by atoms with Crippen LogP contribution in [0.4, 0.5) is 0 Å². The number of nitrogens with zero attached hydrogens (tertiary/aromatic N) is 2. The largest absolute Gasteiger partial charge is 0.307 e. The maximum absolute atomic E-state index is 4.50. The maximum Gasteiger partial charge on any atom is 0.125 e. The SMILES string of the molecule is Cc1ncc2c(n1)CC1CCC2N1.Cl.Cl. The maximum atomic E-state index is 4.50. The van der Waals surface area contributed by atoms with Crippen LogP contribution in [0, 0.1) is 6.92 Å². The lowest BCUT2D eigenvalue weighted by Gasteiger charge is -2.23. The Labute approximate surface area is 102 Å². The second kappa shape index (κ2) is 4.64. The first-order chi connectivity index (χ1) is 6.33. The number of fused-ring (bicyclic) bond motifs is 4. The van der Waals surface area contributed by atoms with Gasteiger partial charge in [0.2, 0.25) is 0 Å². The van der Waals surface area contributed by atoms with Gasteiger partial charge in [-0.1, -0.05) is 0 Å². The Kier molecular flexibility index (Phi) is 3.93. The monoisotopic (exact) mass is 247 g/mol. The average molecular weight is 248 g/mol.